The van der Waals surface area contributed by atoms with E-state index in [0.29, 0.717) is 38.2 Å². The van der Waals surface area contributed by atoms with Crippen molar-refractivity contribution in [2.75, 3.05) is 13.1 Å². The lowest BCUT2D eigenvalue weighted by molar-refractivity contribution is -0.141. The Bertz CT molecular complexity index is 588. The second-order valence-electron chi connectivity index (χ2n) is 6.89. The number of rotatable bonds is 3. The van der Waals surface area contributed by atoms with Crippen LogP contribution in [0.4, 0.5) is 13.2 Å². The Kier molecular flexibility index (Phi) is 8.23. The molecule has 2 aliphatic rings. The maximum Gasteiger partial charge on any atom is 0.432 e. The number of hydrogen-bond acceptors (Lipinski definition) is 3. The monoisotopic (exact) mass is 416 g/mol. The number of H-pyrrole nitrogens is 1. The van der Waals surface area contributed by atoms with Gasteiger partial charge in [-0.05, 0) is 31.6 Å². The molecule has 1 amide bonds. The van der Waals surface area contributed by atoms with Crippen molar-refractivity contribution in [2.45, 2.75) is 56.7 Å². The number of carbonyl (C=O) groups excluding carboxylic acids is 1. The summed E-state index contributed by atoms with van der Waals surface area (Å²) in [6.45, 7) is 1.13. The number of alkyl halides is 3. The summed E-state index contributed by atoms with van der Waals surface area (Å²) in [5, 5.41) is 0. The maximum atomic E-state index is 12.6. The molecule has 1 aromatic heterocycles. The number of aromatic nitrogens is 2. The standard InChI is InChI=1S/C16H23F3N4O.2ClH/c17-16(18,19)13-9-21-15(22-13)10-4-6-23(7-5-10)14(24)8-11-2-1-3-12(11)20;;/h9-12H,1-8,20H2,(H,21,22);2*1H/t11-,12+;;/m0../s1. The number of halogens is 5. The molecule has 5 nitrogen and oxygen atoms in total. The number of piperidine rings is 1. The number of nitrogens with one attached hydrogen (secondary N) is 1. The second-order valence-corrected chi connectivity index (χ2v) is 6.89. The van der Waals surface area contributed by atoms with Crippen molar-refractivity contribution in [2.24, 2.45) is 11.7 Å². The minimum atomic E-state index is -4.40. The molecular formula is C16H25Cl2F3N4O. The molecule has 150 valence electrons. The number of amides is 1. The van der Waals surface area contributed by atoms with Gasteiger partial charge in [0, 0.05) is 31.5 Å². The summed E-state index contributed by atoms with van der Waals surface area (Å²) in [5.41, 5.74) is 5.20. The van der Waals surface area contributed by atoms with Crippen molar-refractivity contribution in [3.8, 4) is 0 Å². The number of carbonyl (C=O) groups is 1. The van der Waals surface area contributed by atoms with Crippen LogP contribution in [0, 0.1) is 5.92 Å². The third kappa shape index (κ3) is 5.27. The third-order valence-corrected chi connectivity index (χ3v) is 5.29. The van der Waals surface area contributed by atoms with E-state index in [0.717, 1.165) is 25.5 Å². The molecule has 10 heteroatoms. The normalized spacial score (nSPS) is 24.1. The van der Waals surface area contributed by atoms with Crippen LogP contribution in [0.2, 0.25) is 0 Å². The average Bonchev–Trinajstić information content (AvgIpc) is 3.17. The SMILES string of the molecule is Cl.Cl.N[C@@H]1CCC[C@H]1CC(=O)N1CCC(c2ncc(C(F)(F)F)[nH]2)CC1. The second kappa shape index (κ2) is 9.28. The summed E-state index contributed by atoms with van der Waals surface area (Å²) in [5.74, 6) is 0.701. The highest BCUT2D eigenvalue weighted by molar-refractivity contribution is 5.85. The van der Waals surface area contributed by atoms with Gasteiger partial charge in [-0.25, -0.2) is 4.98 Å². The van der Waals surface area contributed by atoms with Crippen molar-refractivity contribution in [1.29, 1.82) is 0 Å². The van der Waals surface area contributed by atoms with Gasteiger partial charge in [0.05, 0.1) is 6.20 Å². The molecule has 1 saturated heterocycles. The first-order valence-corrected chi connectivity index (χ1v) is 8.50. The fourth-order valence-corrected chi connectivity index (χ4v) is 3.76. The Morgan fingerprint density at radius 1 is 1.23 bits per heavy atom. The molecule has 0 spiro atoms. The van der Waals surface area contributed by atoms with E-state index >= 15 is 0 Å². The predicted octanol–water partition coefficient (Wildman–Crippen LogP) is 3.50. The molecule has 2 fully saturated rings. The number of nitrogens with zero attached hydrogens (tertiary/aromatic N) is 2. The largest absolute Gasteiger partial charge is 0.432 e. The minimum Gasteiger partial charge on any atom is -0.343 e. The number of aromatic amines is 1. The molecule has 0 aromatic carbocycles. The van der Waals surface area contributed by atoms with Gasteiger partial charge in [0.1, 0.15) is 11.5 Å². The van der Waals surface area contributed by atoms with Crippen LogP contribution in [-0.4, -0.2) is 39.9 Å². The molecule has 1 saturated carbocycles. The topological polar surface area (TPSA) is 75.0 Å². The van der Waals surface area contributed by atoms with E-state index in [2.05, 4.69) is 9.97 Å². The lowest BCUT2D eigenvalue weighted by Crippen LogP contribution is -2.40. The van der Waals surface area contributed by atoms with Crippen LogP contribution < -0.4 is 5.73 Å². The van der Waals surface area contributed by atoms with E-state index in [-0.39, 0.29) is 48.6 Å². The van der Waals surface area contributed by atoms with Gasteiger partial charge in [0.25, 0.3) is 0 Å². The molecule has 3 rings (SSSR count). The Hall–Kier alpha value is -0.990. The van der Waals surface area contributed by atoms with Crippen molar-refractivity contribution in [3.63, 3.8) is 0 Å². The van der Waals surface area contributed by atoms with Crippen LogP contribution in [0.1, 0.15) is 56.0 Å². The maximum absolute atomic E-state index is 12.6. The third-order valence-electron chi connectivity index (χ3n) is 5.29. The van der Waals surface area contributed by atoms with Gasteiger partial charge in [-0.15, -0.1) is 24.8 Å². The van der Waals surface area contributed by atoms with Crippen LogP contribution >= 0.6 is 24.8 Å². The highest BCUT2D eigenvalue weighted by Crippen LogP contribution is 2.32. The molecule has 26 heavy (non-hydrogen) atoms. The molecule has 0 unspecified atom stereocenters. The zero-order valence-electron chi connectivity index (χ0n) is 14.3. The smallest absolute Gasteiger partial charge is 0.343 e. The first-order chi connectivity index (χ1) is 11.3. The number of hydrogen-bond donors (Lipinski definition) is 2. The summed E-state index contributed by atoms with van der Waals surface area (Å²) in [4.78, 5) is 20.4. The average molecular weight is 417 g/mol. The van der Waals surface area contributed by atoms with Gasteiger partial charge in [0.2, 0.25) is 5.91 Å². The molecule has 0 bridgehead atoms. The van der Waals surface area contributed by atoms with Crippen molar-refractivity contribution in [1.82, 2.24) is 14.9 Å². The molecule has 1 aliphatic carbocycles. The van der Waals surface area contributed by atoms with Gasteiger partial charge in [-0.1, -0.05) is 6.42 Å². The number of nitrogens with two attached hydrogens (primary N) is 1. The van der Waals surface area contributed by atoms with Crippen molar-refractivity contribution in [3.05, 3.63) is 17.7 Å². The van der Waals surface area contributed by atoms with Crippen LogP contribution in [-0.2, 0) is 11.0 Å². The first kappa shape index (κ1) is 23.0. The fraction of sp³-hybridized carbons (Fsp3) is 0.750. The molecule has 2 atom stereocenters. The lowest BCUT2D eigenvalue weighted by Gasteiger charge is -2.32. The van der Waals surface area contributed by atoms with E-state index in [9.17, 15) is 18.0 Å². The first-order valence-electron chi connectivity index (χ1n) is 8.50. The molecule has 1 aliphatic heterocycles. The molecule has 2 heterocycles. The fourth-order valence-electron chi connectivity index (χ4n) is 3.76. The zero-order chi connectivity index (χ0) is 17.3. The van der Waals surface area contributed by atoms with Crippen molar-refractivity contribution >= 4 is 30.7 Å². The minimum absolute atomic E-state index is 0. The molecule has 0 radical (unpaired) electrons. The lowest BCUT2D eigenvalue weighted by atomic mass is 9.94. The van der Waals surface area contributed by atoms with E-state index < -0.39 is 11.9 Å². The van der Waals surface area contributed by atoms with Crippen LogP contribution in [0.15, 0.2) is 6.20 Å². The van der Waals surface area contributed by atoms with Gasteiger partial charge in [-0.3, -0.25) is 4.79 Å². The van der Waals surface area contributed by atoms with Gasteiger partial charge in [0.15, 0.2) is 0 Å². The Balaban J connectivity index is 0.00000169. The van der Waals surface area contributed by atoms with E-state index in [4.69, 9.17) is 5.73 Å². The van der Waals surface area contributed by atoms with Gasteiger partial charge >= 0.3 is 6.18 Å². The van der Waals surface area contributed by atoms with Gasteiger partial charge < -0.3 is 15.6 Å². The van der Waals surface area contributed by atoms with Gasteiger partial charge in [-0.2, -0.15) is 13.2 Å². The van der Waals surface area contributed by atoms with Crippen LogP contribution in [0.3, 0.4) is 0 Å². The Labute approximate surface area is 163 Å². The predicted molar refractivity (Wildman–Crippen MR) is 96.6 cm³/mol. The molecule has 1 aromatic rings. The quantitative estimate of drug-likeness (QED) is 0.791. The zero-order valence-corrected chi connectivity index (χ0v) is 15.9. The summed E-state index contributed by atoms with van der Waals surface area (Å²) >= 11 is 0. The molecular weight excluding hydrogens is 392 g/mol. The highest BCUT2D eigenvalue weighted by Gasteiger charge is 2.35. The van der Waals surface area contributed by atoms with Crippen molar-refractivity contribution < 1.29 is 18.0 Å². The highest BCUT2D eigenvalue weighted by atomic mass is 35.5. The van der Waals surface area contributed by atoms with Crippen LogP contribution in [0.5, 0.6) is 0 Å². The van der Waals surface area contributed by atoms with E-state index in [1.54, 1.807) is 0 Å². The summed E-state index contributed by atoms with van der Waals surface area (Å²) < 4.78 is 37.9. The summed E-state index contributed by atoms with van der Waals surface area (Å²) in [6.07, 6.45) is 1.28. The summed E-state index contributed by atoms with van der Waals surface area (Å²) in [7, 11) is 0. The van der Waals surface area contributed by atoms with E-state index in [1.165, 1.54) is 0 Å². The van der Waals surface area contributed by atoms with E-state index in [1.807, 2.05) is 4.90 Å². The Morgan fingerprint density at radius 3 is 2.38 bits per heavy atom. The summed E-state index contributed by atoms with van der Waals surface area (Å²) in [6, 6.07) is 0.121. The van der Waals surface area contributed by atoms with Crippen LogP contribution in [0.25, 0.3) is 0 Å². The number of imidazole rings is 1. The number of likely N-dealkylation sites (tertiary alicyclic amines) is 1. The molecule has 3 N–H and O–H groups in total. The Morgan fingerprint density at radius 2 is 1.88 bits per heavy atom.